The lowest BCUT2D eigenvalue weighted by atomic mass is 9.84. The Kier molecular flexibility index (Phi) is 5.22. The van der Waals surface area contributed by atoms with Crippen LogP contribution in [0.5, 0.6) is 0 Å². The molecule has 0 amide bonds. The zero-order valence-corrected chi connectivity index (χ0v) is 13.3. The molecule has 1 aromatic rings. The number of hydrogen-bond acceptors (Lipinski definition) is 2. The molecule has 0 spiro atoms. The normalized spacial score (nSPS) is 26.6. The Balaban J connectivity index is 2.28. The van der Waals surface area contributed by atoms with E-state index < -0.39 is 0 Å². The molecule has 1 fully saturated rings. The minimum absolute atomic E-state index is 0.123. The van der Waals surface area contributed by atoms with Crippen molar-refractivity contribution in [2.24, 2.45) is 5.73 Å². The predicted molar refractivity (Wildman–Crippen MR) is 86.8 cm³/mol. The van der Waals surface area contributed by atoms with Crippen LogP contribution in [0, 0.1) is 0 Å². The minimum Gasteiger partial charge on any atom is -0.329 e. The summed E-state index contributed by atoms with van der Waals surface area (Å²) in [4.78, 5) is 2.75. The van der Waals surface area contributed by atoms with Gasteiger partial charge < -0.3 is 5.73 Å². The van der Waals surface area contributed by atoms with Gasteiger partial charge in [0.05, 0.1) is 0 Å². The first-order valence-electron chi connectivity index (χ1n) is 8.19. The van der Waals surface area contributed by atoms with Crippen LogP contribution in [0.15, 0.2) is 30.3 Å². The molecule has 1 saturated heterocycles. The summed E-state index contributed by atoms with van der Waals surface area (Å²) in [5, 5.41) is 0. The van der Waals surface area contributed by atoms with E-state index in [0.29, 0.717) is 12.1 Å². The number of likely N-dealkylation sites (tertiary alicyclic amines) is 1. The Morgan fingerprint density at radius 1 is 1.20 bits per heavy atom. The van der Waals surface area contributed by atoms with Gasteiger partial charge in [0, 0.05) is 24.2 Å². The lowest BCUT2D eigenvalue weighted by molar-refractivity contribution is 0.0420. The van der Waals surface area contributed by atoms with Crippen LogP contribution in [-0.4, -0.2) is 29.1 Å². The monoisotopic (exact) mass is 274 g/mol. The largest absolute Gasteiger partial charge is 0.329 e. The van der Waals surface area contributed by atoms with E-state index in [1.807, 2.05) is 0 Å². The molecule has 0 aliphatic carbocycles. The standard InChI is InChI=1S/C18H30N2/c1-4-17-12-11-15(3)20(17)18(5-2,14-19)13-16-9-7-6-8-10-16/h6-10,15,17H,4-5,11-14,19H2,1-3H3. The molecule has 0 saturated carbocycles. The van der Waals surface area contributed by atoms with Gasteiger partial charge in [0.15, 0.2) is 0 Å². The molecule has 20 heavy (non-hydrogen) atoms. The van der Waals surface area contributed by atoms with Gasteiger partial charge in [-0.05, 0) is 44.6 Å². The Hall–Kier alpha value is -0.860. The summed E-state index contributed by atoms with van der Waals surface area (Å²) in [6, 6.07) is 12.2. The van der Waals surface area contributed by atoms with Crippen molar-refractivity contribution in [3.05, 3.63) is 35.9 Å². The summed E-state index contributed by atoms with van der Waals surface area (Å²) in [5.74, 6) is 0. The van der Waals surface area contributed by atoms with Crippen LogP contribution in [0.3, 0.4) is 0 Å². The summed E-state index contributed by atoms with van der Waals surface area (Å²) in [6.07, 6.45) is 6.07. The van der Waals surface area contributed by atoms with Crippen LogP contribution in [-0.2, 0) is 6.42 Å². The molecular formula is C18H30N2. The van der Waals surface area contributed by atoms with Crippen molar-refractivity contribution >= 4 is 0 Å². The number of hydrogen-bond donors (Lipinski definition) is 1. The summed E-state index contributed by atoms with van der Waals surface area (Å²) in [5.41, 5.74) is 7.82. The zero-order chi connectivity index (χ0) is 14.6. The summed E-state index contributed by atoms with van der Waals surface area (Å²) < 4.78 is 0. The van der Waals surface area contributed by atoms with Gasteiger partial charge in [0.25, 0.3) is 0 Å². The molecule has 2 N–H and O–H groups in total. The Labute approximate surface area is 124 Å². The summed E-state index contributed by atoms with van der Waals surface area (Å²) in [7, 11) is 0. The molecule has 1 aliphatic rings. The van der Waals surface area contributed by atoms with Crippen LogP contribution in [0.1, 0.15) is 52.0 Å². The second-order valence-electron chi connectivity index (χ2n) is 6.34. The van der Waals surface area contributed by atoms with Crippen molar-refractivity contribution in [2.45, 2.75) is 70.5 Å². The molecule has 2 heteroatoms. The molecule has 2 nitrogen and oxygen atoms in total. The molecule has 2 rings (SSSR count). The van der Waals surface area contributed by atoms with Crippen molar-refractivity contribution in [3.8, 4) is 0 Å². The highest BCUT2D eigenvalue weighted by Crippen LogP contribution is 2.36. The zero-order valence-electron chi connectivity index (χ0n) is 13.3. The van der Waals surface area contributed by atoms with E-state index in [0.717, 1.165) is 19.4 Å². The molecule has 0 bridgehead atoms. The van der Waals surface area contributed by atoms with Gasteiger partial charge in [0.1, 0.15) is 0 Å². The average molecular weight is 274 g/mol. The van der Waals surface area contributed by atoms with E-state index in [2.05, 4.69) is 56.0 Å². The number of nitrogens with two attached hydrogens (primary N) is 1. The maximum absolute atomic E-state index is 6.28. The summed E-state index contributed by atoms with van der Waals surface area (Å²) >= 11 is 0. The van der Waals surface area contributed by atoms with Crippen molar-refractivity contribution in [3.63, 3.8) is 0 Å². The first-order chi connectivity index (χ1) is 9.66. The highest BCUT2D eigenvalue weighted by Gasteiger charge is 2.43. The van der Waals surface area contributed by atoms with Crippen molar-refractivity contribution in [1.82, 2.24) is 4.90 Å². The van der Waals surface area contributed by atoms with E-state index in [4.69, 9.17) is 5.73 Å². The molecule has 3 unspecified atom stereocenters. The van der Waals surface area contributed by atoms with Crippen LogP contribution < -0.4 is 5.73 Å². The lowest BCUT2D eigenvalue weighted by Gasteiger charge is -2.47. The maximum Gasteiger partial charge on any atom is 0.0375 e. The molecule has 1 aromatic carbocycles. The topological polar surface area (TPSA) is 29.3 Å². The summed E-state index contributed by atoms with van der Waals surface area (Å²) in [6.45, 7) is 7.74. The van der Waals surface area contributed by atoms with Crippen LogP contribution in [0.4, 0.5) is 0 Å². The van der Waals surface area contributed by atoms with Gasteiger partial charge in [-0.2, -0.15) is 0 Å². The molecule has 1 heterocycles. The van der Waals surface area contributed by atoms with Gasteiger partial charge >= 0.3 is 0 Å². The van der Waals surface area contributed by atoms with E-state index in [1.165, 1.54) is 24.8 Å². The first-order valence-corrected chi connectivity index (χ1v) is 8.19. The van der Waals surface area contributed by atoms with Crippen LogP contribution in [0.25, 0.3) is 0 Å². The Bertz CT molecular complexity index is 397. The van der Waals surface area contributed by atoms with E-state index in [9.17, 15) is 0 Å². The molecule has 0 aromatic heterocycles. The van der Waals surface area contributed by atoms with Crippen LogP contribution in [0.2, 0.25) is 0 Å². The van der Waals surface area contributed by atoms with E-state index >= 15 is 0 Å². The molecule has 3 atom stereocenters. The van der Waals surface area contributed by atoms with Crippen molar-refractivity contribution in [2.75, 3.05) is 6.54 Å². The SMILES string of the molecule is CCC1CCC(C)N1C(CC)(CN)Cc1ccccc1. The second kappa shape index (κ2) is 6.73. The average Bonchev–Trinajstić information content (AvgIpc) is 2.87. The predicted octanol–water partition coefficient (Wildman–Crippen LogP) is 3.60. The molecule has 112 valence electrons. The van der Waals surface area contributed by atoms with E-state index in [-0.39, 0.29) is 5.54 Å². The molecular weight excluding hydrogens is 244 g/mol. The molecule has 1 aliphatic heterocycles. The fraction of sp³-hybridized carbons (Fsp3) is 0.667. The third kappa shape index (κ3) is 2.91. The fourth-order valence-electron chi connectivity index (χ4n) is 4.02. The number of rotatable bonds is 6. The van der Waals surface area contributed by atoms with Gasteiger partial charge in [-0.25, -0.2) is 0 Å². The van der Waals surface area contributed by atoms with Gasteiger partial charge in [-0.3, -0.25) is 4.90 Å². The smallest absolute Gasteiger partial charge is 0.0375 e. The quantitative estimate of drug-likeness (QED) is 0.859. The molecule has 0 radical (unpaired) electrons. The van der Waals surface area contributed by atoms with Gasteiger partial charge in [-0.15, -0.1) is 0 Å². The number of benzene rings is 1. The Morgan fingerprint density at radius 3 is 2.45 bits per heavy atom. The minimum atomic E-state index is 0.123. The number of nitrogens with zero attached hydrogens (tertiary/aromatic N) is 1. The highest BCUT2D eigenvalue weighted by atomic mass is 15.3. The highest BCUT2D eigenvalue weighted by molar-refractivity contribution is 5.19. The third-order valence-electron chi connectivity index (χ3n) is 5.22. The van der Waals surface area contributed by atoms with Crippen molar-refractivity contribution in [1.29, 1.82) is 0 Å². The van der Waals surface area contributed by atoms with Gasteiger partial charge in [0.2, 0.25) is 0 Å². The van der Waals surface area contributed by atoms with Gasteiger partial charge in [-0.1, -0.05) is 44.2 Å². The van der Waals surface area contributed by atoms with Crippen molar-refractivity contribution < 1.29 is 0 Å². The maximum atomic E-state index is 6.28. The van der Waals surface area contributed by atoms with Crippen LogP contribution >= 0.6 is 0 Å². The lowest BCUT2D eigenvalue weighted by Crippen LogP contribution is -2.59. The first kappa shape index (κ1) is 15.5. The Morgan fingerprint density at radius 2 is 1.90 bits per heavy atom. The van der Waals surface area contributed by atoms with E-state index in [1.54, 1.807) is 0 Å². The third-order valence-corrected chi connectivity index (χ3v) is 5.22. The fourth-order valence-corrected chi connectivity index (χ4v) is 4.02. The second-order valence-corrected chi connectivity index (χ2v) is 6.34.